The average molecular weight is 299 g/mol. The second kappa shape index (κ2) is 6.59. The maximum atomic E-state index is 6.07. The van der Waals surface area contributed by atoms with E-state index in [9.17, 15) is 0 Å². The predicted octanol–water partition coefficient (Wildman–Crippen LogP) is 3.06. The van der Waals surface area contributed by atoms with E-state index in [1.54, 1.807) is 0 Å². The number of imidazole rings is 1. The van der Waals surface area contributed by atoms with E-state index in [0.29, 0.717) is 19.1 Å². The molecule has 0 fully saturated rings. The zero-order chi connectivity index (χ0) is 14.7. The van der Waals surface area contributed by atoms with Gasteiger partial charge in [0, 0.05) is 13.7 Å². The zero-order valence-electron chi connectivity index (χ0n) is 12.7. The minimum Gasteiger partial charge on any atom is -0.380 e. The van der Waals surface area contributed by atoms with Crippen LogP contribution in [0.4, 0.5) is 0 Å². The Labute approximate surface area is 124 Å². The molecule has 0 aliphatic heterocycles. The molecular weight excluding hydrogens is 276 g/mol. The molecule has 20 heavy (non-hydrogen) atoms. The van der Waals surface area contributed by atoms with Crippen molar-refractivity contribution in [2.45, 2.75) is 45.5 Å². The minimum absolute atomic E-state index is 0.193. The normalized spacial score (nSPS) is 13.2. The molecule has 0 aliphatic carbocycles. The van der Waals surface area contributed by atoms with Crippen LogP contribution in [0.2, 0.25) is 0 Å². The highest BCUT2D eigenvalue weighted by Crippen LogP contribution is 2.25. The van der Waals surface area contributed by atoms with Gasteiger partial charge >= 0.3 is 0 Å². The van der Waals surface area contributed by atoms with Crippen molar-refractivity contribution in [3.05, 3.63) is 11.5 Å². The van der Waals surface area contributed by atoms with Gasteiger partial charge in [-0.25, -0.2) is 4.98 Å². The minimum atomic E-state index is 0.193. The molecule has 0 spiro atoms. The van der Waals surface area contributed by atoms with Crippen LogP contribution in [0.1, 0.15) is 44.8 Å². The van der Waals surface area contributed by atoms with E-state index < -0.39 is 0 Å². The summed E-state index contributed by atoms with van der Waals surface area (Å²) in [5, 5.41) is 4.59. The molecule has 2 aromatic heterocycles. The molecule has 0 aliphatic rings. The van der Waals surface area contributed by atoms with E-state index in [1.165, 1.54) is 0 Å². The van der Waals surface area contributed by atoms with Crippen molar-refractivity contribution in [3.8, 4) is 0 Å². The lowest BCUT2D eigenvalue weighted by atomic mass is 10.2. The third kappa shape index (κ3) is 2.69. The van der Waals surface area contributed by atoms with Crippen LogP contribution in [0.5, 0.6) is 0 Å². The van der Waals surface area contributed by atoms with Crippen LogP contribution in [-0.2, 0) is 24.1 Å². The van der Waals surface area contributed by atoms with Crippen LogP contribution >= 0.6 is 11.6 Å². The van der Waals surface area contributed by atoms with Gasteiger partial charge in [-0.15, -0.1) is 11.6 Å². The molecule has 1 unspecified atom stereocenters. The molecule has 0 saturated heterocycles. The molecule has 112 valence electrons. The predicted molar refractivity (Wildman–Crippen MR) is 81.3 cm³/mol. The number of nitrogens with zero attached hydrogens (tertiary/aromatic N) is 4. The number of aromatic nitrogens is 4. The van der Waals surface area contributed by atoms with Gasteiger partial charge in [0.25, 0.3) is 0 Å². The Morgan fingerprint density at radius 3 is 2.70 bits per heavy atom. The van der Waals surface area contributed by atoms with Crippen molar-refractivity contribution in [2.24, 2.45) is 7.05 Å². The standard InChI is InChI=1S/C14H23ClN4O/c1-5-7-11-13-14(18(4)17-11)19(12(8-15)16-13)10(3)9-20-6-2/h10H,5-9H2,1-4H3. The van der Waals surface area contributed by atoms with Crippen molar-refractivity contribution in [1.82, 2.24) is 19.3 Å². The van der Waals surface area contributed by atoms with E-state index in [0.717, 1.165) is 35.5 Å². The fourth-order valence-electron chi connectivity index (χ4n) is 2.57. The van der Waals surface area contributed by atoms with Crippen LogP contribution in [0.15, 0.2) is 0 Å². The number of halogens is 1. The highest BCUT2D eigenvalue weighted by atomic mass is 35.5. The van der Waals surface area contributed by atoms with Gasteiger partial charge in [0.2, 0.25) is 0 Å². The molecule has 2 heterocycles. The molecular formula is C14H23ClN4O. The van der Waals surface area contributed by atoms with Crippen molar-refractivity contribution < 1.29 is 4.74 Å². The van der Waals surface area contributed by atoms with Gasteiger partial charge in [0.15, 0.2) is 5.65 Å². The lowest BCUT2D eigenvalue weighted by Crippen LogP contribution is -2.16. The number of rotatable bonds is 7. The lowest BCUT2D eigenvalue weighted by molar-refractivity contribution is 0.119. The van der Waals surface area contributed by atoms with Crippen molar-refractivity contribution in [2.75, 3.05) is 13.2 Å². The topological polar surface area (TPSA) is 44.9 Å². The van der Waals surface area contributed by atoms with E-state index >= 15 is 0 Å². The van der Waals surface area contributed by atoms with Crippen LogP contribution < -0.4 is 0 Å². The van der Waals surface area contributed by atoms with E-state index in [2.05, 4.69) is 23.5 Å². The summed E-state index contributed by atoms with van der Waals surface area (Å²) in [4.78, 5) is 4.69. The smallest absolute Gasteiger partial charge is 0.159 e. The van der Waals surface area contributed by atoms with Gasteiger partial charge in [-0.05, 0) is 20.3 Å². The molecule has 0 saturated carbocycles. The Kier molecular flexibility index (Phi) is 5.05. The fourth-order valence-corrected chi connectivity index (χ4v) is 2.76. The molecule has 0 radical (unpaired) electrons. The summed E-state index contributed by atoms with van der Waals surface area (Å²) in [6, 6.07) is 0.193. The summed E-state index contributed by atoms with van der Waals surface area (Å²) in [6.45, 7) is 7.64. The molecule has 1 atom stereocenters. The third-order valence-corrected chi connectivity index (χ3v) is 3.66. The van der Waals surface area contributed by atoms with Gasteiger partial charge in [-0.1, -0.05) is 13.3 Å². The maximum absolute atomic E-state index is 6.07. The first-order valence-electron chi connectivity index (χ1n) is 7.20. The van der Waals surface area contributed by atoms with E-state index in [1.807, 2.05) is 18.7 Å². The van der Waals surface area contributed by atoms with Gasteiger partial charge in [0.1, 0.15) is 11.3 Å². The SMILES string of the molecule is CCCc1nn(C)c2c1nc(CCl)n2C(C)COCC. The Morgan fingerprint density at radius 2 is 2.10 bits per heavy atom. The van der Waals surface area contributed by atoms with Gasteiger partial charge in [-0.2, -0.15) is 5.10 Å². The van der Waals surface area contributed by atoms with Crippen LogP contribution in [0, 0.1) is 0 Å². The summed E-state index contributed by atoms with van der Waals surface area (Å²) < 4.78 is 9.61. The molecule has 5 nitrogen and oxygen atoms in total. The molecule has 6 heteroatoms. The molecule has 0 N–H and O–H groups in total. The number of hydrogen-bond donors (Lipinski definition) is 0. The van der Waals surface area contributed by atoms with E-state index in [-0.39, 0.29) is 6.04 Å². The molecule has 0 aromatic carbocycles. The second-order valence-electron chi connectivity index (χ2n) is 5.03. The number of aryl methyl sites for hydroxylation is 2. The fraction of sp³-hybridized carbons (Fsp3) is 0.714. The first kappa shape index (κ1) is 15.3. The highest BCUT2D eigenvalue weighted by Gasteiger charge is 2.21. The van der Waals surface area contributed by atoms with Gasteiger partial charge < -0.3 is 9.30 Å². The zero-order valence-corrected chi connectivity index (χ0v) is 13.4. The molecule has 2 aromatic rings. The summed E-state index contributed by atoms with van der Waals surface area (Å²) in [7, 11) is 1.96. The average Bonchev–Trinajstić information content (AvgIpc) is 2.95. The van der Waals surface area contributed by atoms with Gasteiger partial charge in [0.05, 0.1) is 24.2 Å². The summed E-state index contributed by atoms with van der Waals surface area (Å²) >= 11 is 6.07. The number of alkyl halides is 1. The first-order valence-corrected chi connectivity index (χ1v) is 7.73. The Hall–Kier alpha value is -1.07. The third-order valence-electron chi connectivity index (χ3n) is 3.42. The Morgan fingerprint density at radius 1 is 1.35 bits per heavy atom. The van der Waals surface area contributed by atoms with Crippen LogP contribution in [-0.4, -0.2) is 32.5 Å². The van der Waals surface area contributed by atoms with Crippen LogP contribution in [0.3, 0.4) is 0 Å². The number of ether oxygens (including phenoxy) is 1. The molecule has 0 bridgehead atoms. The van der Waals surface area contributed by atoms with Crippen molar-refractivity contribution >= 4 is 22.8 Å². The molecule has 2 rings (SSSR count). The number of fused-ring (bicyclic) bond motifs is 1. The Bertz CT molecular complexity index is 575. The Balaban J connectivity index is 2.50. The summed E-state index contributed by atoms with van der Waals surface area (Å²) in [6.07, 6.45) is 2.00. The summed E-state index contributed by atoms with van der Waals surface area (Å²) in [5.41, 5.74) is 3.07. The van der Waals surface area contributed by atoms with Crippen molar-refractivity contribution in [3.63, 3.8) is 0 Å². The lowest BCUT2D eigenvalue weighted by Gasteiger charge is -2.16. The van der Waals surface area contributed by atoms with Gasteiger partial charge in [-0.3, -0.25) is 4.68 Å². The molecule has 0 amide bonds. The van der Waals surface area contributed by atoms with Crippen LogP contribution in [0.25, 0.3) is 11.2 Å². The highest BCUT2D eigenvalue weighted by molar-refractivity contribution is 6.16. The van der Waals surface area contributed by atoms with E-state index in [4.69, 9.17) is 21.3 Å². The maximum Gasteiger partial charge on any atom is 0.159 e. The second-order valence-corrected chi connectivity index (χ2v) is 5.30. The van der Waals surface area contributed by atoms with Crippen molar-refractivity contribution in [1.29, 1.82) is 0 Å². The largest absolute Gasteiger partial charge is 0.380 e. The number of hydrogen-bond acceptors (Lipinski definition) is 3. The first-order chi connectivity index (χ1) is 9.63. The quantitative estimate of drug-likeness (QED) is 0.738. The monoisotopic (exact) mass is 298 g/mol. The summed E-state index contributed by atoms with van der Waals surface area (Å²) in [5.74, 6) is 1.29.